The first kappa shape index (κ1) is 12.3. The van der Waals surface area contributed by atoms with Crippen molar-refractivity contribution in [2.24, 2.45) is 0 Å². The lowest BCUT2D eigenvalue weighted by molar-refractivity contribution is -0.141. The van der Waals surface area contributed by atoms with E-state index in [4.69, 9.17) is 4.74 Å². The van der Waals surface area contributed by atoms with Gasteiger partial charge in [0, 0.05) is 5.56 Å². The van der Waals surface area contributed by atoms with E-state index in [2.05, 4.69) is 11.8 Å². The Labute approximate surface area is 94.4 Å². The number of hydrogen-bond acceptors (Lipinski definition) is 2. The van der Waals surface area contributed by atoms with Gasteiger partial charge in [0.15, 0.2) is 0 Å². The topological polar surface area (TPSA) is 26.3 Å². The van der Waals surface area contributed by atoms with Crippen molar-refractivity contribution < 1.29 is 13.9 Å². The van der Waals surface area contributed by atoms with Gasteiger partial charge in [-0.05, 0) is 31.5 Å². The number of ether oxygens (including phenoxy) is 1. The first-order valence-corrected chi connectivity index (χ1v) is 5.04. The van der Waals surface area contributed by atoms with Crippen molar-refractivity contribution in [3.8, 4) is 11.8 Å². The summed E-state index contributed by atoms with van der Waals surface area (Å²) in [6.07, 6.45) is 0.0315. The van der Waals surface area contributed by atoms with Crippen molar-refractivity contribution in [2.75, 3.05) is 6.61 Å². The van der Waals surface area contributed by atoms with Crippen LogP contribution in [-0.2, 0) is 9.53 Å². The smallest absolute Gasteiger partial charge is 0.317 e. The minimum Gasteiger partial charge on any atom is -0.465 e. The zero-order valence-electron chi connectivity index (χ0n) is 9.34. The van der Waals surface area contributed by atoms with Crippen molar-refractivity contribution in [2.45, 2.75) is 20.3 Å². The summed E-state index contributed by atoms with van der Waals surface area (Å²) in [5.41, 5.74) is 1.49. The third kappa shape index (κ3) is 3.74. The van der Waals surface area contributed by atoms with Gasteiger partial charge in [-0.1, -0.05) is 17.9 Å². The lowest BCUT2D eigenvalue weighted by Crippen LogP contribution is -2.01. The molecule has 1 aromatic rings. The standard InChI is InChI=1S/C13H13FO2/c1-3-16-13(15)6-4-5-11-9-12(14)8-7-10(11)2/h7-9H,3,6H2,1-2H3. The van der Waals surface area contributed by atoms with Crippen molar-refractivity contribution in [1.82, 2.24) is 0 Å². The molecule has 2 nitrogen and oxygen atoms in total. The predicted molar refractivity (Wildman–Crippen MR) is 59.3 cm³/mol. The third-order valence-corrected chi connectivity index (χ3v) is 1.96. The Bertz CT molecular complexity index is 441. The summed E-state index contributed by atoms with van der Waals surface area (Å²) in [5, 5.41) is 0. The van der Waals surface area contributed by atoms with Gasteiger partial charge >= 0.3 is 5.97 Å². The Balaban J connectivity index is 2.69. The van der Waals surface area contributed by atoms with Crippen LogP contribution in [0.25, 0.3) is 0 Å². The molecule has 0 unspecified atom stereocenters. The second kappa shape index (κ2) is 5.92. The number of halogens is 1. The summed E-state index contributed by atoms with van der Waals surface area (Å²) < 4.78 is 17.6. The van der Waals surface area contributed by atoms with Crippen LogP contribution in [0, 0.1) is 24.6 Å². The van der Waals surface area contributed by atoms with E-state index in [1.807, 2.05) is 6.92 Å². The van der Waals surface area contributed by atoms with Gasteiger partial charge in [-0.25, -0.2) is 4.39 Å². The molecule has 0 radical (unpaired) electrons. The number of carbonyl (C=O) groups is 1. The number of esters is 1. The summed E-state index contributed by atoms with van der Waals surface area (Å²) in [6, 6.07) is 4.39. The van der Waals surface area contributed by atoms with Gasteiger partial charge in [-0.15, -0.1) is 0 Å². The molecule has 0 atom stereocenters. The normalized spacial score (nSPS) is 9.19. The van der Waals surface area contributed by atoms with Gasteiger partial charge in [0.25, 0.3) is 0 Å². The Morgan fingerprint density at radius 3 is 2.94 bits per heavy atom. The minimum atomic E-state index is -0.357. The Morgan fingerprint density at radius 1 is 1.50 bits per heavy atom. The minimum absolute atomic E-state index is 0.0315. The predicted octanol–water partition coefficient (Wildman–Crippen LogP) is 2.44. The highest BCUT2D eigenvalue weighted by atomic mass is 19.1. The molecule has 0 aliphatic rings. The zero-order valence-corrected chi connectivity index (χ0v) is 9.34. The molecule has 0 amide bonds. The summed E-state index contributed by atoms with van der Waals surface area (Å²) in [5.74, 6) is 4.73. The average molecular weight is 220 g/mol. The molecule has 16 heavy (non-hydrogen) atoms. The molecule has 0 aromatic heterocycles. The highest BCUT2D eigenvalue weighted by Crippen LogP contribution is 2.08. The van der Waals surface area contributed by atoms with Gasteiger partial charge in [0.2, 0.25) is 0 Å². The molecule has 0 saturated heterocycles. The van der Waals surface area contributed by atoms with Crippen LogP contribution in [0.15, 0.2) is 18.2 Å². The number of rotatable bonds is 2. The van der Waals surface area contributed by atoms with Crippen LogP contribution < -0.4 is 0 Å². The highest BCUT2D eigenvalue weighted by Gasteiger charge is 1.98. The molecule has 0 spiro atoms. The molecular formula is C13H13FO2. The number of aryl methyl sites for hydroxylation is 1. The van der Waals surface area contributed by atoms with E-state index in [0.29, 0.717) is 12.2 Å². The lowest BCUT2D eigenvalue weighted by Gasteiger charge is -1.97. The van der Waals surface area contributed by atoms with Gasteiger partial charge < -0.3 is 4.74 Å². The molecule has 0 N–H and O–H groups in total. The summed E-state index contributed by atoms with van der Waals surface area (Å²) >= 11 is 0. The molecule has 0 saturated carbocycles. The molecule has 0 heterocycles. The number of carbonyl (C=O) groups excluding carboxylic acids is 1. The molecular weight excluding hydrogens is 207 g/mol. The van der Waals surface area contributed by atoms with Crippen LogP contribution in [0.3, 0.4) is 0 Å². The maximum atomic E-state index is 12.9. The zero-order chi connectivity index (χ0) is 12.0. The molecule has 1 rings (SSSR count). The molecule has 0 bridgehead atoms. The lowest BCUT2D eigenvalue weighted by atomic mass is 10.1. The monoisotopic (exact) mass is 220 g/mol. The van der Waals surface area contributed by atoms with Crippen LogP contribution in [0.5, 0.6) is 0 Å². The van der Waals surface area contributed by atoms with E-state index >= 15 is 0 Å². The van der Waals surface area contributed by atoms with Crippen LogP contribution in [0.2, 0.25) is 0 Å². The van der Waals surface area contributed by atoms with Crippen molar-refractivity contribution >= 4 is 5.97 Å². The number of benzene rings is 1. The largest absolute Gasteiger partial charge is 0.465 e. The molecule has 84 valence electrons. The second-order valence-electron chi connectivity index (χ2n) is 3.24. The van der Waals surface area contributed by atoms with Crippen LogP contribution >= 0.6 is 0 Å². The van der Waals surface area contributed by atoms with Gasteiger partial charge in [0.1, 0.15) is 12.2 Å². The van der Waals surface area contributed by atoms with E-state index in [1.165, 1.54) is 12.1 Å². The summed E-state index contributed by atoms with van der Waals surface area (Å²) in [7, 11) is 0. The Morgan fingerprint density at radius 2 is 2.25 bits per heavy atom. The van der Waals surface area contributed by atoms with Gasteiger partial charge in [-0.2, -0.15) is 0 Å². The van der Waals surface area contributed by atoms with Crippen molar-refractivity contribution in [3.05, 3.63) is 35.1 Å². The third-order valence-electron chi connectivity index (χ3n) is 1.96. The molecule has 0 aliphatic carbocycles. The van der Waals surface area contributed by atoms with Crippen LogP contribution in [-0.4, -0.2) is 12.6 Å². The quantitative estimate of drug-likeness (QED) is 0.565. The highest BCUT2D eigenvalue weighted by molar-refractivity contribution is 5.72. The van der Waals surface area contributed by atoms with E-state index in [-0.39, 0.29) is 18.2 Å². The molecule has 0 aliphatic heterocycles. The summed E-state index contributed by atoms with van der Waals surface area (Å²) in [6.45, 7) is 3.93. The average Bonchev–Trinajstić information content (AvgIpc) is 2.23. The fourth-order valence-electron chi connectivity index (χ4n) is 1.15. The Kier molecular flexibility index (Phi) is 4.53. The van der Waals surface area contributed by atoms with Gasteiger partial charge in [0.05, 0.1) is 6.61 Å². The molecule has 3 heteroatoms. The van der Waals surface area contributed by atoms with E-state index < -0.39 is 0 Å². The van der Waals surface area contributed by atoms with Crippen LogP contribution in [0.1, 0.15) is 24.5 Å². The second-order valence-corrected chi connectivity index (χ2v) is 3.24. The SMILES string of the molecule is CCOC(=O)CC#Cc1cc(F)ccc1C. The Hall–Kier alpha value is -1.82. The van der Waals surface area contributed by atoms with E-state index in [0.717, 1.165) is 5.56 Å². The van der Waals surface area contributed by atoms with E-state index in [1.54, 1.807) is 13.0 Å². The van der Waals surface area contributed by atoms with Crippen molar-refractivity contribution in [3.63, 3.8) is 0 Å². The molecule has 1 aromatic carbocycles. The van der Waals surface area contributed by atoms with Gasteiger partial charge in [-0.3, -0.25) is 4.79 Å². The fraction of sp³-hybridized carbons (Fsp3) is 0.308. The summed E-state index contributed by atoms with van der Waals surface area (Å²) in [4.78, 5) is 11.0. The fourth-order valence-corrected chi connectivity index (χ4v) is 1.15. The first-order valence-electron chi connectivity index (χ1n) is 5.04. The maximum Gasteiger partial charge on any atom is 0.317 e. The molecule has 0 fully saturated rings. The number of hydrogen-bond donors (Lipinski definition) is 0. The van der Waals surface area contributed by atoms with E-state index in [9.17, 15) is 9.18 Å². The van der Waals surface area contributed by atoms with Crippen LogP contribution in [0.4, 0.5) is 4.39 Å². The van der Waals surface area contributed by atoms with Crippen molar-refractivity contribution in [1.29, 1.82) is 0 Å². The maximum absolute atomic E-state index is 12.9. The first-order chi connectivity index (χ1) is 7.63.